The molecule has 1 aromatic rings. The molecular weight excluding hydrogens is 296 g/mol. The molecule has 1 N–H and O–H groups in total. The van der Waals surface area contributed by atoms with Crippen LogP contribution in [0.4, 0.5) is 0 Å². The summed E-state index contributed by atoms with van der Waals surface area (Å²) < 4.78 is 1.85. The molecular formula is C16H22N4O3. The quantitative estimate of drug-likeness (QED) is 0.833. The Morgan fingerprint density at radius 2 is 1.91 bits per heavy atom. The summed E-state index contributed by atoms with van der Waals surface area (Å²) in [6.07, 6.45) is 5.41. The van der Waals surface area contributed by atoms with E-state index in [0.717, 1.165) is 6.42 Å². The van der Waals surface area contributed by atoms with Crippen LogP contribution in [0, 0.1) is 0 Å². The summed E-state index contributed by atoms with van der Waals surface area (Å²) in [7, 11) is 1.88. The molecule has 2 aliphatic rings. The monoisotopic (exact) mass is 318 g/mol. The number of aryl methyl sites for hydroxylation is 1. The summed E-state index contributed by atoms with van der Waals surface area (Å²) in [5.74, 6) is -0.0713. The molecule has 0 aromatic carbocycles. The van der Waals surface area contributed by atoms with Gasteiger partial charge in [0.15, 0.2) is 0 Å². The van der Waals surface area contributed by atoms with Gasteiger partial charge in [-0.1, -0.05) is 0 Å². The van der Waals surface area contributed by atoms with Gasteiger partial charge in [-0.2, -0.15) is 0 Å². The van der Waals surface area contributed by atoms with Gasteiger partial charge in [0.2, 0.25) is 11.8 Å². The Balaban J connectivity index is 1.59. The van der Waals surface area contributed by atoms with Crippen molar-refractivity contribution < 1.29 is 14.4 Å². The van der Waals surface area contributed by atoms with E-state index in [0.29, 0.717) is 44.6 Å². The molecule has 0 bridgehead atoms. The lowest BCUT2D eigenvalue weighted by atomic mass is 10.2. The molecule has 1 aromatic heterocycles. The minimum Gasteiger partial charge on any atom is -0.356 e. The first-order valence-corrected chi connectivity index (χ1v) is 8.04. The third-order valence-corrected chi connectivity index (χ3v) is 4.47. The van der Waals surface area contributed by atoms with E-state index >= 15 is 0 Å². The van der Waals surface area contributed by atoms with Crippen molar-refractivity contribution in [3.8, 4) is 0 Å². The first-order valence-electron chi connectivity index (χ1n) is 8.04. The van der Waals surface area contributed by atoms with E-state index in [1.165, 1.54) is 0 Å². The first kappa shape index (κ1) is 15.6. The molecule has 2 fully saturated rings. The third kappa shape index (κ3) is 3.38. The maximum absolute atomic E-state index is 12.5. The number of carbonyl (C=O) groups is 3. The predicted molar refractivity (Wildman–Crippen MR) is 83.7 cm³/mol. The van der Waals surface area contributed by atoms with Gasteiger partial charge in [0.1, 0.15) is 6.04 Å². The van der Waals surface area contributed by atoms with Crippen molar-refractivity contribution in [3.05, 3.63) is 24.0 Å². The molecule has 0 radical (unpaired) electrons. The highest BCUT2D eigenvalue weighted by Crippen LogP contribution is 2.14. The number of nitrogens with zero attached hydrogens (tertiary/aromatic N) is 3. The number of nitrogens with one attached hydrogen (secondary N) is 1. The van der Waals surface area contributed by atoms with Crippen molar-refractivity contribution in [3.63, 3.8) is 0 Å². The van der Waals surface area contributed by atoms with Crippen LogP contribution in [0.25, 0.3) is 0 Å². The Hall–Kier alpha value is -2.31. The number of amides is 3. The van der Waals surface area contributed by atoms with Crippen LogP contribution in [0.2, 0.25) is 0 Å². The molecule has 23 heavy (non-hydrogen) atoms. The maximum Gasteiger partial charge on any atom is 0.255 e. The van der Waals surface area contributed by atoms with Crippen LogP contribution in [-0.2, 0) is 16.6 Å². The van der Waals surface area contributed by atoms with Crippen molar-refractivity contribution in [2.45, 2.75) is 25.3 Å². The van der Waals surface area contributed by atoms with E-state index in [-0.39, 0.29) is 23.8 Å². The van der Waals surface area contributed by atoms with Crippen LogP contribution in [-0.4, -0.2) is 64.3 Å². The van der Waals surface area contributed by atoms with Gasteiger partial charge in [-0.25, -0.2) is 0 Å². The molecule has 2 aliphatic heterocycles. The Kier molecular flexibility index (Phi) is 4.36. The van der Waals surface area contributed by atoms with Gasteiger partial charge in [0, 0.05) is 52.0 Å². The van der Waals surface area contributed by atoms with Crippen LogP contribution in [0.5, 0.6) is 0 Å². The van der Waals surface area contributed by atoms with Crippen LogP contribution >= 0.6 is 0 Å². The SMILES string of the molecule is Cn1ccc(C(=O)N2CCCN(C(=O)C3CCC(=O)N3)CC2)c1. The normalized spacial score (nSPS) is 22.0. The molecule has 7 heteroatoms. The Labute approximate surface area is 135 Å². The molecule has 1 unspecified atom stereocenters. The molecule has 0 aliphatic carbocycles. The summed E-state index contributed by atoms with van der Waals surface area (Å²) in [5.41, 5.74) is 0.676. The van der Waals surface area contributed by atoms with Crippen molar-refractivity contribution >= 4 is 17.7 Å². The minimum atomic E-state index is -0.390. The first-order chi connectivity index (χ1) is 11.0. The van der Waals surface area contributed by atoms with Gasteiger partial charge < -0.3 is 19.7 Å². The zero-order valence-electron chi connectivity index (χ0n) is 13.3. The van der Waals surface area contributed by atoms with Gasteiger partial charge in [-0.05, 0) is 18.9 Å². The highest BCUT2D eigenvalue weighted by molar-refractivity contribution is 5.94. The molecule has 3 heterocycles. The molecule has 124 valence electrons. The lowest BCUT2D eigenvalue weighted by molar-refractivity contribution is -0.134. The molecule has 2 saturated heterocycles. The molecule has 3 rings (SSSR count). The summed E-state index contributed by atoms with van der Waals surface area (Å²) >= 11 is 0. The minimum absolute atomic E-state index is 0.00840. The Morgan fingerprint density at radius 1 is 1.17 bits per heavy atom. The lowest BCUT2D eigenvalue weighted by Crippen LogP contribution is -2.46. The average molecular weight is 318 g/mol. The van der Waals surface area contributed by atoms with E-state index < -0.39 is 0 Å². The van der Waals surface area contributed by atoms with Crippen molar-refractivity contribution in [1.29, 1.82) is 0 Å². The highest BCUT2D eigenvalue weighted by Gasteiger charge is 2.32. The van der Waals surface area contributed by atoms with Gasteiger partial charge in [-0.15, -0.1) is 0 Å². The zero-order valence-corrected chi connectivity index (χ0v) is 13.3. The zero-order chi connectivity index (χ0) is 16.4. The fourth-order valence-electron chi connectivity index (χ4n) is 3.17. The number of hydrogen-bond donors (Lipinski definition) is 1. The molecule has 0 saturated carbocycles. The van der Waals surface area contributed by atoms with E-state index in [4.69, 9.17) is 0 Å². The van der Waals surface area contributed by atoms with E-state index in [1.807, 2.05) is 30.1 Å². The van der Waals surface area contributed by atoms with Crippen LogP contribution in [0.15, 0.2) is 18.5 Å². The summed E-state index contributed by atoms with van der Waals surface area (Å²) in [6, 6.07) is 1.42. The fraction of sp³-hybridized carbons (Fsp3) is 0.562. The third-order valence-electron chi connectivity index (χ3n) is 4.47. The molecule has 0 spiro atoms. The van der Waals surface area contributed by atoms with Crippen molar-refractivity contribution in [2.24, 2.45) is 7.05 Å². The second-order valence-electron chi connectivity index (χ2n) is 6.20. The van der Waals surface area contributed by atoms with Gasteiger partial charge >= 0.3 is 0 Å². The standard InChI is InChI=1S/C16H22N4O3/c1-18-8-5-12(11-18)15(22)19-6-2-7-20(10-9-19)16(23)13-3-4-14(21)17-13/h5,8,11,13H,2-4,6-7,9-10H2,1H3,(H,17,21). The maximum atomic E-state index is 12.5. The van der Waals surface area contributed by atoms with E-state index in [2.05, 4.69) is 5.32 Å². The summed E-state index contributed by atoms with van der Waals surface area (Å²) in [5, 5.41) is 2.72. The predicted octanol–water partition coefficient (Wildman–Crippen LogP) is -0.0218. The summed E-state index contributed by atoms with van der Waals surface area (Å²) in [4.78, 5) is 39.8. The fourth-order valence-corrected chi connectivity index (χ4v) is 3.17. The topological polar surface area (TPSA) is 74.7 Å². The van der Waals surface area contributed by atoms with Crippen LogP contribution in [0.1, 0.15) is 29.6 Å². The number of aromatic nitrogens is 1. The molecule has 3 amide bonds. The van der Waals surface area contributed by atoms with Gasteiger partial charge in [0.05, 0.1) is 5.56 Å². The van der Waals surface area contributed by atoms with Crippen molar-refractivity contribution in [1.82, 2.24) is 19.7 Å². The summed E-state index contributed by atoms with van der Waals surface area (Å²) in [6.45, 7) is 2.32. The average Bonchev–Trinajstić information content (AvgIpc) is 3.07. The Bertz CT molecular complexity index is 625. The number of hydrogen-bond acceptors (Lipinski definition) is 3. The van der Waals surface area contributed by atoms with Gasteiger partial charge in [0.25, 0.3) is 5.91 Å². The van der Waals surface area contributed by atoms with E-state index in [1.54, 1.807) is 9.80 Å². The van der Waals surface area contributed by atoms with Crippen molar-refractivity contribution in [2.75, 3.05) is 26.2 Å². The second-order valence-corrected chi connectivity index (χ2v) is 6.20. The second kappa shape index (κ2) is 6.44. The number of rotatable bonds is 2. The van der Waals surface area contributed by atoms with Crippen LogP contribution in [0.3, 0.4) is 0 Å². The molecule has 1 atom stereocenters. The van der Waals surface area contributed by atoms with Crippen LogP contribution < -0.4 is 5.32 Å². The molecule has 7 nitrogen and oxygen atoms in total. The lowest BCUT2D eigenvalue weighted by Gasteiger charge is -2.24. The Morgan fingerprint density at radius 3 is 2.57 bits per heavy atom. The highest BCUT2D eigenvalue weighted by atomic mass is 16.2. The largest absolute Gasteiger partial charge is 0.356 e. The smallest absolute Gasteiger partial charge is 0.255 e. The van der Waals surface area contributed by atoms with E-state index in [9.17, 15) is 14.4 Å². The number of carbonyl (C=O) groups excluding carboxylic acids is 3. The van der Waals surface area contributed by atoms with Gasteiger partial charge in [-0.3, -0.25) is 14.4 Å².